The molecule has 1 N–H and O–H groups in total. The van der Waals surface area contributed by atoms with Crippen LogP contribution in [-0.2, 0) is 9.59 Å². The highest BCUT2D eigenvalue weighted by molar-refractivity contribution is 5.86. The van der Waals surface area contributed by atoms with Crippen molar-refractivity contribution >= 4 is 11.9 Å². The van der Waals surface area contributed by atoms with Gasteiger partial charge >= 0.3 is 0 Å². The van der Waals surface area contributed by atoms with Gasteiger partial charge in [-0.15, -0.1) is 0 Å². The number of carbonyl (C=O) groups excluding carboxylic acids is 2. The number of quaternary nitrogens is 1. The second kappa shape index (κ2) is 7.84. The van der Waals surface area contributed by atoms with Gasteiger partial charge in [0.2, 0.25) is 5.91 Å². The minimum atomic E-state index is -0.997. The van der Waals surface area contributed by atoms with Crippen LogP contribution in [0.4, 0.5) is 0 Å². The number of amides is 1. The van der Waals surface area contributed by atoms with E-state index < -0.39 is 5.97 Å². The van der Waals surface area contributed by atoms with E-state index in [-0.39, 0.29) is 12.3 Å². The van der Waals surface area contributed by atoms with Gasteiger partial charge in [0.15, 0.2) is 0 Å². The Balaban J connectivity index is 3.66. The zero-order valence-corrected chi connectivity index (χ0v) is 10.7. The van der Waals surface area contributed by atoms with Crippen molar-refractivity contribution in [2.45, 2.75) is 19.3 Å². The van der Waals surface area contributed by atoms with Crippen LogP contribution in [0.15, 0.2) is 12.7 Å². The number of hydrogen-bond donors (Lipinski definition) is 1. The van der Waals surface area contributed by atoms with Crippen molar-refractivity contribution in [3.63, 3.8) is 0 Å². The molecule has 0 aliphatic carbocycles. The van der Waals surface area contributed by atoms with Crippen molar-refractivity contribution in [3.05, 3.63) is 12.7 Å². The molecule has 0 fully saturated rings. The van der Waals surface area contributed by atoms with Gasteiger partial charge in [-0.05, 0) is 12.5 Å². The standard InChI is InChI=1S/C12H22N2O3/c1-4-11(15)13-8-6-10-14(2,3)9-5-7-12(16)17/h4H,1,5-10H2,2-3H3,(H-,13,15,16,17). The highest BCUT2D eigenvalue weighted by Crippen LogP contribution is 2.02. The monoisotopic (exact) mass is 242 g/mol. The van der Waals surface area contributed by atoms with E-state index >= 15 is 0 Å². The second-order valence-corrected chi connectivity index (χ2v) is 4.71. The minimum Gasteiger partial charge on any atom is -0.550 e. The Morgan fingerprint density at radius 2 is 1.88 bits per heavy atom. The molecule has 0 aromatic heterocycles. The predicted molar refractivity (Wildman–Crippen MR) is 63.9 cm³/mol. The first kappa shape index (κ1) is 15.6. The van der Waals surface area contributed by atoms with E-state index in [1.54, 1.807) is 0 Å². The summed E-state index contributed by atoms with van der Waals surface area (Å²) in [6, 6.07) is 0. The second-order valence-electron chi connectivity index (χ2n) is 4.71. The molecule has 0 rings (SSSR count). The van der Waals surface area contributed by atoms with Crippen LogP contribution >= 0.6 is 0 Å². The summed E-state index contributed by atoms with van der Waals surface area (Å²) < 4.78 is 0.747. The third kappa shape index (κ3) is 9.56. The van der Waals surface area contributed by atoms with Crippen LogP contribution in [0.2, 0.25) is 0 Å². The first-order valence-corrected chi connectivity index (χ1v) is 5.79. The number of rotatable bonds is 9. The number of carboxylic acid groups (broad SMARTS) is 1. The van der Waals surface area contributed by atoms with Crippen molar-refractivity contribution in [2.75, 3.05) is 33.7 Å². The number of carbonyl (C=O) groups is 2. The van der Waals surface area contributed by atoms with Crippen molar-refractivity contribution in [1.82, 2.24) is 5.32 Å². The number of aliphatic carboxylic acids is 1. The van der Waals surface area contributed by atoms with Crippen LogP contribution in [-0.4, -0.2) is 50.1 Å². The van der Waals surface area contributed by atoms with E-state index in [0.717, 1.165) is 24.0 Å². The summed E-state index contributed by atoms with van der Waals surface area (Å²) in [7, 11) is 4.09. The molecule has 0 aliphatic heterocycles. The number of nitrogens with zero attached hydrogens (tertiary/aromatic N) is 1. The average molecular weight is 242 g/mol. The average Bonchev–Trinajstić information content (AvgIpc) is 2.23. The molecule has 5 nitrogen and oxygen atoms in total. The lowest BCUT2D eigenvalue weighted by Gasteiger charge is -2.30. The van der Waals surface area contributed by atoms with Gasteiger partial charge in [0.25, 0.3) is 0 Å². The zero-order valence-electron chi connectivity index (χ0n) is 10.7. The summed E-state index contributed by atoms with van der Waals surface area (Å²) in [6.07, 6.45) is 2.83. The summed E-state index contributed by atoms with van der Waals surface area (Å²) in [6.45, 7) is 5.67. The maximum absolute atomic E-state index is 10.9. The fourth-order valence-electron chi connectivity index (χ4n) is 1.55. The molecule has 0 unspecified atom stereocenters. The normalized spacial score (nSPS) is 10.9. The molecule has 0 aliphatic rings. The summed E-state index contributed by atoms with van der Waals surface area (Å²) >= 11 is 0. The quantitative estimate of drug-likeness (QED) is 0.330. The molecule has 0 radical (unpaired) electrons. The van der Waals surface area contributed by atoms with Gasteiger partial charge in [0.05, 0.1) is 27.2 Å². The van der Waals surface area contributed by atoms with Gasteiger partial charge < -0.3 is 19.7 Å². The fraction of sp³-hybridized carbons (Fsp3) is 0.667. The first-order valence-electron chi connectivity index (χ1n) is 5.79. The topological polar surface area (TPSA) is 69.2 Å². The van der Waals surface area contributed by atoms with Crippen LogP contribution in [0.5, 0.6) is 0 Å². The van der Waals surface area contributed by atoms with E-state index in [2.05, 4.69) is 11.9 Å². The predicted octanol–water partition coefficient (Wildman–Crippen LogP) is -0.715. The van der Waals surface area contributed by atoms with Crippen LogP contribution in [0.3, 0.4) is 0 Å². The maximum Gasteiger partial charge on any atom is 0.243 e. The van der Waals surface area contributed by atoms with Crippen LogP contribution < -0.4 is 10.4 Å². The number of carboxylic acids is 1. The first-order chi connectivity index (χ1) is 7.87. The molecule has 0 aromatic rings. The third-order valence-electron chi connectivity index (χ3n) is 2.57. The highest BCUT2D eigenvalue weighted by atomic mass is 16.4. The molecule has 17 heavy (non-hydrogen) atoms. The molecular weight excluding hydrogens is 220 g/mol. The lowest BCUT2D eigenvalue weighted by molar-refractivity contribution is -0.890. The summed E-state index contributed by atoms with van der Waals surface area (Å²) in [4.78, 5) is 21.2. The molecular formula is C12H22N2O3. The lowest BCUT2D eigenvalue weighted by Crippen LogP contribution is -2.42. The zero-order chi connectivity index (χ0) is 13.3. The lowest BCUT2D eigenvalue weighted by atomic mass is 10.2. The Kier molecular flexibility index (Phi) is 7.21. The van der Waals surface area contributed by atoms with Crippen molar-refractivity contribution in [2.24, 2.45) is 0 Å². The summed E-state index contributed by atoms with van der Waals surface area (Å²) in [5, 5.41) is 13.0. The Labute approximate surface area is 103 Å². The Bertz CT molecular complexity index is 275. The Morgan fingerprint density at radius 3 is 2.41 bits per heavy atom. The van der Waals surface area contributed by atoms with Gasteiger partial charge in [-0.1, -0.05) is 6.58 Å². The van der Waals surface area contributed by atoms with Gasteiger partial charge in [-0.3, -0.25) is 4.79 Å². The minimum absolute atomic E-state index is 0.106. The Hall–Kier alpha value is -1.36. The molecule has 0 aromatic carbocycles. The van der Waals surface area contributed by atoms with Gasteiger partial charge in [-0.2, -0.15) is 0 Å². The smallest absolute Gasteiger partial charge is 0.243 e. The fourth-order valence-corrected chi connectivity index (χ4v) is 1.55. The molecule has 0 heterocycles. The molecule has 0 saturated heterocycles. The maximum atomic E-state index is 10.9. The summed E-state index contributed by atoms with van der Waals surface area (Å²) in [5.74, 6) is -1.16. The van der Waals surface area contributed by atoms with E-state index in [4.69, 9.17) is 0 Å². The van der Waals surface area contributed by atoms with Gasteiger partial charge in [0, 0.05) is 25.4 Å². The molecule has 98 valence electrons. The van der Waals surface area contributed by atoms with Crippen molar-refractivity contribution in [3.8, 4) is 0 Å². The van der Waals surface area contributed by atoms with Gasteiger partial charge in [0.1, 0.15) is 0 Å². The van der Waals surface area contributed by atoms with Crippen LogP contribution in [0.25, 0.3) is 0 Å². The Morgan fingerprint density at radius 1 is 1.29 bits per heavy atom. The SMILES string of the molecule is C=CC(=O)NCCC[N+](C)(C)CCCC(=O)[O-]. The van der Waals surface area contributed by atoms with Gasteiger partial charge in [-0.25, -0.2) is 0 Å². The number of hydrogen-bond acceptors (Lipinski definition) is 3. The highest BCUT2D eigenvalue weighted by Gasteiger charge is 2.13. The molecule has 0 atom stereocenters. The van der Waals surface area contributed by atoms with E-state index in [1.165, 1.54) is 6.08 Å². The molecule has 0 spiro atoms. The van der Waals surface area contributed by atoms with Crippen LogP contribution in [0, 0.1) is 0 Å². The van der Waals surface area contributed by atoms with E-state index in [9.17, 15) is 14.7 Å². The van der Waals surface area contributed by atoms with Crippen molar-refractivity contribution in [1.29, 1.82) is 0 Å². The van der Waals surface area contributed by atoms with Crippen molar-refractivity contribution < 1.29 is 19.2 Å². The third-order valence-corrected chi connectivity index (χ3v) is 2.57. The van der Waals surface area contributed by atoms with E-state index in [0.29, 0.717) is 13.0 Å². The molecule has 1 amide bonds. The van der Waals surface area contributed by atoms with Crippen LogP contribution in [0.1, 0.15) is 19.3 Å². The number of nitrogens with one attached hydrogen (secondary N) is 1. The molecule has 5 heteroatoms. The molecule has 0 bridgehead atoms. The van der Waals surface area contributed by atoms with E-state index in [1.807, 2.05) is 14.1 Å². The summed E-state index contributed by atoms with van der Waals surface area (Å²) in [5.41, 5.74) is 0. The molecule has 0 saturated carbocycles. The largest absolute Gasteiger partial charge is 0.550 e.